The van der Waals surface area contributed by atoms with Crippen LogP contribution >= 0.6 is 0 Å². The number of unbranched alkanes of at least 4 members (excludes halogenated alkanes) is 1. The average Bonchev–Trinajstić information content (AvgIpc) is 2.07. The van der Waals surface area contributed by atoms with Crippen molar-refractivity contribution in [2.24, 2.45) is 0 Å². The van der Waals surface area contributed by atoms with Gasteiger partial charge in [-0.15, -0.1) is 0 Å². The molecule has 0 nitrogen and oxygen atoms in total. The van der Waals surface area contributed by atoms with Gasteiger partial charge in [0.25, 0.3) is 0 Å². The van der Waals surface area contributed by atoms with Crippen LogP contribution in [0.4, 0.5) is 0 Å². The molecule has 0 unspecified atom stereocenters. The molecule has 0 amide bonds. The molecule has 1 heteroatoms. The summed E-state index contributed by atoms with van der Waals surface area (Å²) in [5, 5.41) is 0. The van der Waals surface area contributed by atoms with Crippen LogP contribution < -0.4 is 3.61 Å². The molecule has 11 heavy (non-hydrogen) atoms. The van der Waals surface area contributed by atoms with Crippen molar-refractivity contribution in [1.82, 2.24) is 0 Å². The first-order chi connectivity index (χ1) is 5.43. The zero-order valence-electron chi connectivity index (χ0n) is 6.92. The normalized spacial score (nSPS) is 9.91. The van der Waals surface area contributed by atoms with Crippen molar-refractivity contribution in [3.8, 4) is 0 Å². The molecule has 0 aromatic heterocycles. The fraction of sp³-hybridized carbons (Fsp3) is 0.400. The summed E-state index contributed by atoms with van der Waals surface area (Å²) in [6.45, 7) is 2.26. The molecule has 59 valence electrons. The van der Waals surface area contributed by atoms with Crippen LogP contribution in [-0.2, 0) is 0 Å². The number of hydrogen-bond acceptors (Lipinski definition) is 0. The monoisotopic (exact) mass is 264 g/mol. The van der Waals surface area contributed by atoms with Gasteiger partial charge in [-0.1, -0.05) is 0 Å². The topological polar surface area (TPSA) is 0 Å². The Labute approximate surface area is 79.1 Å². The summed E-state index contributed by atoms with van der Waals surface area (Å²) < 4.78 is 3.07. The van der Waals surface area contributed by atoms with Crippen LogP contribution in [0.5, 0.6) is 0 Å². The zero-order valence-corrected chi connectivity index (χ0v) is 9.25. The molecule has 0 spiro atoms. The van der Waals surface area contributed by atoms with Gasteiger partial charge in [-0.05, 0) is 0 Å². The third kappa shape index (κ3) is 3.79. The summed E-state index contributed by atoms with van der Waals surface area (Å²) in [5.74, 6) is 0. The van der Waals surface area contributed by atoms with Gasteiger partial charge in [-0.25, -0.2) is 0 Å². The van der Waals surface area contributed by atoms with Crippen molar-refractivity contribution in [2.75, 3.05) is 0 Å². The van der Waals surface area contributed by atoms with Crippen molar-refractivity contribution in [1.29, 1.82) is 0 Å². The van der Waals surface area contributed by atoms with Crippen LogP contribution in [-0.4, -0.2) is 20.9 Å². The summed E-state index contributed by atoms with van der Waals surface area (Å²) in [5.41, 5.74) is 0. The van der Waals surface area contributed by atoms with Crippen LogP contribution in [0.15, 0.2) is 30.3 Å². The van der Waals surface area contributed by atoms with E-state index in [4.69, 9.17) is 0 Å². The Balaban J connectivity index is 2.28. The van der Waals surface area contributed by atoms with Gasteiger partial charge < -0.3 is 0 Å². The molecular formula is C10H14Te+. The minimum atomic E-state index is 0.152. The standard InChI is InChI=1S/C10H14Te/c1-2-3-9-11-10-7-5-4-6-8-10/h4-8H,2-3,9H2,1H3/q+1. The second kappa shape index (κ2) is 5.63. The third-order valence-corrected chi connectivity index (χ3v) is 4.64. The SMILES string of the molecule is CCCC[Te+]c1ccccc1. The molecule has 0 N–H and O–H groups in total. The van der Waals surface area contributed by atoms with Crippen molar-refractivity contribution in [3.05, 3.63) is 30.3 Å². The van der Waals surface area contributed by atoms with E-state index in [2.05, 4.69) is 37.3 Å². The van der Waals surface area contributed by atoms with E-state index in [1.165, 1.54) is 17.3 Å². The fourth-order valence-electron chi connectivity index (χ4n) is 0.851. The van der Waals surface area contributed by atoms with Gasteiger partial charge in [0.05, 0.1) is 0 Å². The van der Waals surface area contributed by atoms with E-state index in [9.17, 15) is 0 Å². The van der Waals surface area contributed by atoms with Gasteiger partial charge in [-0.2, -0.15) is 0 Å². The van der Waals surface area contributed by atoms with Crippen molar-refractivity contribution >= 4 is 24.5 Å². The Bertz CT molecular complexity index is 181. The van der Waals surface area contributed by atoms with Gasteiger partial charge >= 0.3 is 79.1 Å². The molecule has 0 heterocycles. The Morgan fingerprint density at radius 1 is 1.18 bits per heavy atom. The predicted molar refractivity (Wildman–Crippen MR) is 51.5 cm³/mol. The Kier molecular flexibility index (Phi) is 4.66. The third-order valence-electron chi connectivity index (χ3n) is 1.51. The maximum absolute atomic E-state index is 2.26. The van der Waals surface area contributed by atoms with E-state index in [1.807, 2.05) is 0 Å². The maximum atomic E-state index is 2.26. The molecule has 0 bridgehead atoms. The zero-order chi connectivity index (χ0) is 7.94. The summed E-state index contributed by atoms with van der Waals surface area (Å²) in [6.07, 6.45) is 2.76. The molecule has 1 aromatic rings. The molecule has 1 aromatic carbocycles. The van der Waals surface area contributed by atoms with E-state index in [-0.39, 0.29) is 20.9 Å². The van der Waals surface area contributed by atoms with Gasteiger partial charge in [0, 0.05) is 0 Å². The van der Waals surface area contributed by atoms with E-state index >= 15 is 0 Å². The molecule has 0 fully saturated rings. The minimum absolute atomic E-state index is 0.152. The number of hydrogen-bond donors (Lipinski definition) is 0. The van der Waals surface area contributed by atoms with Gasteiger partial charge in [-0.3, -0.25) is 0 Å². The molecular weight excluding hydrogens is 248 g/mol. The second-order valence-corrected chi connectivity index (χ2v) is 5.85. The number of benzene rings is 1. The molecule has 0 saturated heterocycles. The first kappa shape index (κ1) is 9.10. The van der Waals surface area contributed by atoms with Crippen molar-refractivity contribution < 1.29 is 0 Å². The average molecular weight is 262 g/mol. The predicted octanol–water partition coefficient (Wildman–Crippen LogP) is 2.23. The summed E-state index contributed by atoms with van der Waals surface area (Å²) in [6, 6.07) is 10.9. The molecule has 1 radical (unpaired) electrons. The van der Waals surface area contributed by atoms with Gasteiger partial charge in [0.1, 0.15) is 0 Å². The van der Waals surface area contributed by atoms with Crippen LogP contribution in [0.2, 0.25) is 4.47 Å². The Hall–Kier alpha value is 0.00961. The van der Waals surface area contributed by atoms with Crippen LogP contribution in [0.1, 0.15) is 19.8 Å². The summed E-state index contributed by atoms with van der Waals surface area (Å²) in [4.78, 5) is 0. The van der Waals surface area contributed by atoms with Crippen molar-refractivity contribution in [2.45, 2.75) is 24.2 Å². The van der Waals surface area contributed by atoms with Gasteiger partial charge in [0.2, 0.25) is 0 Å². The van der Waals surface area contributed by atoms with Crippen LogP contribution in [0.25, 0.3) is 0 Å². The quantitative estimate of drug-likeness (QED) is 0.576. The first-order valence-electron chi connectivity index (χ1n) is 4.11. The van der Waals surface area contributed by atoms with E-state index < -0.39 is 0 Å². The first-order valence-corrected chi connectivity index (χ1v) is 6.92. The van der Waals surface area contributed by atoms with Gasteiger partial charge in [0.15, 0.2) is 0 Å². The fourth-order valence-corrected chi connectivity index (χ4v) is 3.76. The van der Waals surface area contributed by atoms with Crippen LogP contribution in [0, 0.1) is 0 Å². The summed E-state index contributed by atoms with van der Waals surface area (Å²) in [7, 11) is 0. The van der Waals surface area contributed by atoms with E-state index in [0.29, 0.717) is 0 Å². The Morgan fingerprint density at radius 3 is 2.55 bits per heavy atom. The molecule has 0 saturated carbocycles. The van der Waals surface area contributed by atoms with Crippen molar-refractivity contribution in [3.63, 3.8) is 0 Å². The molecule has 0 aliphatic rings. The number of rotatable bonds is 4. The molecule has 0 aliphatic carbocycles. The van der Waals surface area contributed by atoms with E-state index in [0.717, 1.165) is 0 Å². The molecule has 1 rings (SSSR count). The van der Waals surface area contributed by atoms with Crippen LogP contribution in [0.3, 0.4) is 0 Å². The summed E-state index contributed by atoms with van der Waals surface area (Å²) >= 11 is 0.152. The molecule has 0 atom stereocenters. The Morgan fingerprint density at radius 2 is 1.91 bits per heavy atom. The second-order valence-electron chi connectivity index (χ2n) is 2.52. The molecule has 0 aliphatic heterocycles. The van der Waals surface area contributed by atoms with E-state index in [1.54, 1.807) is 3.61 Å².